The van der Waals surface area contributed by atoms with E-state index in [2.05, 4.69) is 79.4 Å². The predicted molar refractivity (Wildman–Crippen MR) is 479 cm³/mol. The van der Waals surface area contributed by atoms with Crippen molar-refractivity contribution >= 4 is 117 Å². The summed E-state index contributed by atoms with van der Waals surface area (Å²) in [6.45, 7) is 5.11. The van der Waals surface area contributed by atoms with Crippen molar-refractivity contribution in [3.05, 3.63) is 144 Å². The number of primary amides is 1. The molecule has 37 nitrogen and oxygen atoms in total. The van der Waals surface area contributed by atoms with Gasteiger partial charge >= 0.3 is 6.03 Å². The molecule has 38 heteroatoms. The Kier molecular flexibility index (Phi) is 39.3. The zero-order valence-corrected chi connectivity index (χ0v) is 73.9. The molecule has 128 heavy (non-hydrogen) atoms. The fourth-order valence-corrected chi connectivity index (χ4v) is 17.8. The van der Waals surface area contributed by atoms with Crippen molar-refractivity contribution in [1.29, 1.82) is 0 Å². The highest BCUT2D eigenvalue weighted by molar-refractivity contribution is 8.00. The number of hydrogen-bond acceptors (Lipinski definition) is 20. The molecule has 0 spiro atoms. The summed E-state index contributed by atoms with van der Waals surface area (Å²) >= 11 is 1.82. The van der Waals surface area contributed by atoms with Gasteiger partial charge in [0.25, 0.3) is 0 Å². The van der Waals surface area contributed by atoms with Gasteiger partial charge in [-0.1, -0.05) is 143 Å². The topological polar surface area (TPSA) is 562 Å². The molecule has 4 aliphatic rings. The number of para-hydroxylation sites is 1. The van der Waals surface area contributed by atoms with Crippen LogP contribution in [0.15, 0.2) is 121 Å². The molecule has 17 amide bonds. The Bertz CT molecular complexity index is 4620. The molecule has 14 atom stereocenters. The standard InChI is InChI=1S/C90H126N20O17S/c1-53(2)42-60(92)80(117)101-66(46-58-47-95-61-31-15-14-30-59(58)61)84(121)105-68(51-111)89(126)110-41-23-35-71(110)86(123)107-77(54(3)4)87(124)103-65(44-56-26-10-6-11-27-56)82(119)102-64(43-55-24-8-5-9-25-55)83(120)104-67(45-57-28-12-7-13-29-57)88(125)109-40-22-34-70(109)85(122)100-63(33-18-20-38-91)81(118)98-49-75(114)96-48-74(113)97-50-76(115)99-62(79(93)116)32-19-21-39-94-73(112)37-17-16-36-72-78-69(52-128-72)106-90(127)108-78/h5-15,24-31,47,53-54,60,62-72,77-78,95,111H,16-23,32-46,48-52,91-92H2,1-4H3,(H2,93,116)(H,94,112)(H,96,114)(H,97,113)(H,98,118)(H,99,115)(H,100,122)(H,101,117)(H,102,119)(H,103,124)(H,104,120)(H,105,121)(H,107,123)(H2,106,108,127)/t60-,62-,63-,64-,65-,66-,67-,68-,69-,70-,71-,72-,77-,78-/m0/s1. The molecule has 0 radical (unpaired) electrons. The van der Waals surface area contributed by atoms with Crippen LogP contribution in [-0.2, 0) is 97.6 Å². The largest absolute Gasteiger partial charge is 0.394 e. The van der Waals surface area contributed by atoms with Crippen LogP contribution in [0.1, 0.15) is 146 Å². The lowest BCUT2D eigenvalue weighted by molar-refractivity contribution is -0.143. The first-order valence-electron chi connectivity index (χ1n) is 44.3. The molecule has 5 heterocycles. The molecule has 0 unspecified atom stereocenters. The van der Waals surface area contributed by atoms with E-state index in [0.29, 0.717) is 91.8 Å². The van der Waals surface area contributed by atoms with Gasteiger partial charge in [0.2, 0.25) is 88.6 Å². The number of H-pyrrole nitrogens is 1. The third-order valence-corrected chi connectivity index (χ3v) is 24.6. The SMILES string of the molecule is CC(C)C[C@H](N)C(=O)N[C@@H](Cc1c[nH]c2ccccc12)C(=O)N[C@@H](CO)C(=O)N1CCC[C@H]1C(=O)N[C@H](C(=O)N[C@@H](Cc1ccccc1)C(=O)N[C@@H](Cc1ccccc1)C(=O)N[C@@H](Cc1ccccc1)C(=O)N1CCC[C@H]1C(=O)N[C@@H](CCCCN)C(=O)NCC(=O)NCC(=O)NCC(=O)N[C@@H](CCCCNC(=O)CCCC[C@@H]1SC[C@@H]2NC(=O)N[C@@H]21)C(N)=O)C(C)C. The van der Waals surface area contributed by atoms with Crippen LogP contribution in [0.25, 0.3) is 10.9 Å². The molecule has 4 aromatic carbocycles. The van der Waals surface area contributed by atoms with E-state index < -0.39 is 181 Å². The smallest absolute Gasteiger partial charge is 0.315 e. The molecular formula is C90H126N20O17S. The quantitative estimate of drug-likeness (QED) is 0.0169. The predicted octanol–water partition coefficient (Wildman–Crippen LogP) is -0.704. The number of urea groups is 1. The number of unbranched alkanes of at least 4 members (excludes halogenated alkanes) is 3. The van der Waals surface area contributed by atoms with Gasteiger partial charge in [0.1, 0.15) is 60.4 Å². The maximum Gasteiger partial charge on any atom is 0.315 e. The van der Waals surface area contributed by atoms with Crippen LogP contribution < -0.4 is 91.6 Å². The van der Waals surface area contributed by atoms with Gasteiger partial charge in [-0.05, 0) is 130 Å². The van der Waals surface area contributed by atoms with Gasteiger partial charge in [0, 0.05) is 79.8 Å². The van der Waals surface area contributed by atoms with E-state index in [1.54, 1.807) is 111 Å². The van der Waals surface area contributed by atoms with Crippen molar-refractivity contribution in [3.63, 3.8) is 0 Å². The molecule has 5 aromatic rings. The minimum atomic E-state index is -1.58. The summed E-state index contributed by atoms with van der Waals surface area (Å²) in [7, 11) is 0. The van der Waals surface area contributed by atoms with Crippen molar-refractivity contribution in [1.82, 2.24) is 89.2 Å². The van der Waals surface area contributed by atoms with E-state index in [0.717, 1.165) is 29.5 Å². The molecule has 4 fully saturated rings. The van der Waals surface area contributed by atoms with Crippen molar-refractivity contribution < 1.29 is 81.8 Å². The first-order valence-corrected chi connectivity index (χ1v) is 45.3. The Morgan fingerprint density at radius 3 is 1.59 bits per heavy atom. The molecule has 0 aliphatic carbocycles. The van der Waals surface area contributed by atoms with Gasteiger partial charge in [0.15, 0.2) is 0 Å². The van der Waals surface area contributed by atoms with E-state index >= 15 is 14.4 Å². The van der Waals surface area contributed by atoms with E-state index in [4.69, 9.17) is 17.2 Å². The molecule has 0 saturated carbocycles. The van der Waals surface area contributed by atoms with E-state index in [-0.39, 0.29) is 101 Å². The van der Waals surface area contributed by atoms with Crippen molar-refractivity contribution in [2.45, 2.75) is 233 Å². The third kappa shape index (κ3) is 30.6. The van der Waals surface area contributed by atoms with E-state index in [1.807, 2.05) is 49.9 Å². The van der Waals surface area contributed by atoms with E-state index in [1.165, 1.54) is 9.80 Å². The Hall–Kier alpha value is -12.0. The lowest BCUT2D eigenvalue weighted by Gasteiger charge is -2.32. The molecule has 0 bridgehead atoms. The van der Waals surface area contributed by atoms with Crippen molar-refractivity contribution in [2.75, 3.05) is 58.2 Å². The number of carbonyl (C=O) groups is 16. The van der Waals surface area contributed by atoms with Crippen LogP contribution in [0.5, 0.6) is 0 Å². The van der Waals surface area contributed by atoms with Gasteiger partial charge in [-0.15, -0.1) is 0 Å². The highest BCUT2D eigenvalue weighted by atomic mass is 32.2. The average Bonchev–Trinajstić information content (AvgIpc) is 1.63. The maximum absolute atomic E-state index is 15.3. The number of carbonyl (C=O) groups excluding carboxylic acids is 16. The van der Waals surface area contributed by atoms with Gasteiger partial charge in [0.05, 0.1) is 44.4 Å². The monoisotopic (exact) mass is 1790 g/mol. The molecule has 4 saturated heterocycles. The Morgan fingerprint density at radius 2 is 1.01 bits per heavy atom. The van der Waals surface area contributed by atoms with Crippen LogP contribution in [0.4, 0.5) is 4.79 Å². The molecule has 22 N–H and O–H groups in total. The molecule has 694 valence electrons. The van der Waals surface area contributed by atoms with Gasteiger partial charge in [-0.3, -0.25) is 71.9 Å². The Labute approximate surface area is 749 Å². The minimum Gasteiger partial charge on any atom is -0.394 e. The second kappa shape index (κ2) is 50.5. The minimum absolute atomic E-state index is 0.0182. The summed E-state index contributed by atoms with van der Waals surface area (Å²) in [5.74, 6) is -10.5. The molecule has 9 rings (SSSR count). The number of nitrogens with zero attached hydrogens (tertiary/aromatic N) is 2. The summed E-state index contributed by atoms with van der Waals surface area (Å²) in [6, 6.07) is 19.6. The first kappa shape index (κ1) is 99.7. The lowest BCUT2D eigenvalue weighted by atomic mass is 9.99. The van der Waals surface area contributed by atoms with Crippen molar-refractivity contribution in [2.24, 2.45) is 29.0 Å². The number of aromatic nitrogens is 1. The van der Waals surface area contributed by atoms with Crippen LogP contribution in [0, 0.1) is 11.8 Å². The number of aliphatic hydroxyl groups is 1. The zero-order chi connectivity index (χ0) is 92.3. The fraction of sp³-hybridized carbons (Fsp3) is 0.533. The van der Waals surface area contributed by atoms with Crippen LogP contribution in [0.3, 0.4) is 0 Å². The number of thioether (sulfide) groups is 1. The fourth-order valence-electron chi connectivity index (χ4n) is 16.2. The number of amides is 17. The summed E-state index contributed by atoms with van der Waals surface area (Å²) < 4.78 is 0. The number of likely N-dealkylation sites (tertiary alicyclic amines) is 2. The van der Waals surface area contributed by atoms with Gasteiger partial charge in [-0.2, -0.15) is 11.8 Å². The summed E-state index contributed by atoms with van der Waals surface area (Å²) in [6.07, 6.45) is 7.34. The van der Waals surface area contributed by atoms with Gasteiger partial charge < -0.3 is 112 Å². The number of hydrogen-bond donors (Lipinski definition) is 19. The van der Waals surface area contributed by atoms with Crippen LogP contribution >= 0.6 is 11.8 Å². The highest BCUT2D eigenvalue weighted by Gasteiger charge is 2.45. The summed E-state index contributed by atoms with van der Waals surface area (Å²) in [4.78, 5) is 227. The molecule has 4 aliphatic heterocycles. The first-order chi connectivity index (χ1) is 61.5. The highest BCUT2D eigenvalue weighted by Crippen LogP contribution is 2.34. The number of nitrogens with two attached hydrogens (primary N) is 3. The summed E-state index contributed by atoms with van der Waals surface area (Å²) in [5, 5.41) is 49.9. The maximum atomic E-state index is 15.3. The van der Waals surface area contributed by atoms with E-state index in [9.17, 15) is 67.4 Å². The Balaban J connectivity index is 0.790. The third-order valence-electron chi connectivity index (χ3n) is 23.1. The number of fused-ring (bicyclic) bond motifs is 2. The second-order valence-corrected chi connectivity index (χ2v) is 35.1. The Morgan fingerprint density at radius 1 is 0.500 bits per heavy atom. The number of rotatable bonds is 51. The lowest BCUT2D eigenvalue weighted by Crippen LogP contribution is -2.62. The zero-order valence-electron chi connectivity index (χ0n) is 73.1. The average molecular weight is 1790 g/mol. The molecular weight excluding hydrogens is 1670 g/mol. The van der Waals surface area contributed by atoms with Crippen molar-refractivity contribution in [3.8, 4) is 0 Å². The van der Waals surface area contributed by atoms with Crippen LogP contribution in [-0.4, -0.2) is 256 Å². The number of benzene rings is 4. The number of aromatic amines is 1. The molecule has 1 aromatic heterocycles. The normalized spacial score (nSPS) is 18.4. The van der Waals surface area contributed by atoms with Crippen LogP contribution in [0.2, 0.25) is 0 Å². The second-order valence-electron chi connectivity index (χ2n) is 33.8. The summed E-state index contributed by atoms with van der Waals surface area (Å²) in [5.41, 5.74) is 20.9. The number of nitrogens with one attached hydrogen (secondary N) is 15. The van der Waals surface area contributed by atoms with Gasteiger partial charge in [-0.25, -0.2) is 4.79 Å². The number of aliphatic hydroxyl groups excluding tert-OH is 1.